The van der Waals surface area contributed by atoms with Crippen LogP contribution in [0.3, 0.4) is 0 Å². The quantitative estimate of drug-likeness (QED) is 0.516. The fourth-order valence-corrected chi connectivity index (χ4v) is 4.66. The van der Waals surface area contributed by atoms with Crippen LogP contribution in [0.5, 0.6) is 0 Å². The summed E-state index contributed by atoms with van der Waals surface area (Å²) in [5.74, 6) is 1.62. The molecule has 0 atom stereocenters. The summed E-state index contributed by atoms with van der Waals surface area (Å²) in [6.07, 6.45) is 4.94. The lowest BCUT2D eigenvalue weighted by Gasteiger charge is -2.27. The highest BCUT2D eigenvalue weighted by Gasteiger charge is 2.15. The van der Waals surface area contributed by atoms with Crippen molar-refractivity contribution in [1.82, 2.24) is 9.97 Å². The smallest absolute Gasteiger partial charge is 0.227 e. The number of nitrogens with one attached hydrogen (secondary N) is 2. The van der Waals surface area contributed by atoms with E-state index in [2.05, 4.69) is 38.9 Å². The van der Waals surface area contributed by atoms with Gasteiger partial charge in [-0.2, -0.15) is 4.98 Å². The number of rotatable bonds is 7. The van der Waals surface area contributed by atoms with Crippen LogP contribution < -0.4 is 15.5 Å². The van der Waals surface area contributed by atoms with Crippen molar-refractivity contribution in [3.8, 4) is 0 Å². The first-order valence-electron chi connectivity index (χ1n) is 10.9. The van der Waals surface area contributed by atoms with Crippen LogP contribution in [0.25, 0.3) is 0 Å². The predicted octanol–water partition coefficient (Wildman–Crippen LogP) is 5.46. The van der Waals surface area contributed by atoms with E-state index in [-0.39, 0.29) is 5.91 Å². The second-order valence-electron chi connectivity index (χ2n) is 8.02. The number of aromatic nitrogens is 2. The highest BCUT2D eigenvalue weighted by Crippen LogP contribution is 2.22. The zero-order chi connectivity index (χ0) is 21.6. The minimum Gasteiger partial charge on any atom is -0.341 e. The Balaban J connectivity index is 1.34. The summed E-state index contributed by atoms with van der Waals surface area (Å²) in [5.41, 5.74) is 3.93. The number of benzene rings is 1. The van der Waals surface area contributed by atoms with Gasteiger partial charge in [0.05, 0.1) is 0 Å². The van der Waals surface area contributed by atoms with Crippen LogP contribution in [0.2, 0.25) is 0 Å². The molecule has 0 unspecified atom stereocenters. The molecule has 0 saturated carbocycles. The molecule has 2 N–H and O–H groups in total. The molecule has 3 aromatic rings. The first kappa shape index (κ1) is 21.3. The number of carbonyl (C=O) groups excluding carboxylic acids is 1. The maximum Gasteiger partial charge on any atom is 0.227 e. The van der Waals surface area contributed by atoms with E-state index < -0.39 is 0 Å². The van der Waals surface area contributed by atoms with Gasteiger partial charge in [-0.3, -0.25) is 4.79 Å². The first-order chi connectivity index (χ1) is 15.1. The van der Waals surface area contributed by atoms with Crippen LogP contribution in [0, 0.1) is 13.8 Å². The SMILES string of the molecule is Cc1cc(Nc2ccc(NC(=O)CCc3sccc3C)cc2)nc(N2CCCCC2)n1. The van der Waals surface area contributed by atoms with E-state index in [1.54, 1.807) is 11.3 Å². The normalized spacial score (nSPS) is 13.8. The van der Waals surface area contributed by atoms with E-state index >= 15 is 0 Å². The molecule has 31 heavy (non-hydrogen) atoms. The number of amides is 1. The number of nitrogens with zero attached hydrogens (tertiary/aromatic N) is 3. The number of aryl methyl sites for hydroxylation is 3. The van der Waals surface area contributed by atoms with E-state index in [9.17, 15) is 4.79 Å². The van der Waals surface area contributed by atoms with Crippen molar-refractivity contribution in [1.29, 1.82) is 0 Å². The third-order valence-corrected chi connectivity index (χ3v) is 6.55. The Morgan fingerprint density at radius 3 is 2.48 bits per heavy atom. The highest BCUT2D eigenvalue weighted by molar-refractivity contribution is 7.10. The van der Waals surface area contributed by atoms with E-state index in [1.165, 1.54) is 29.7 Å². The molecule has 3 heterocycles. The molecule has 0 spiro atoms. The molecular weight excluding hydrogens is 406 g/mol. The molecule has 1 aromatic carbocycles. The summed E-state index contributed by atoms with van der Waals surface area (Å²) >= 11 is 1.71. The Hall–Kier alpha value is -2.93. The van der Waals surface area contributed by atoms with Gasteiger partial charge in [-0.05, 0) is 80.8 Å². The maximum absolute atomic E-state index is 12.3. The molecule has 0 bridgehead atoms. The van der Waals surface area contributed by atoms with Crippen LogP contribution in [-0.4, -0.2) is 29.0 Å². The summed E-state index contributed by atoms with van der Waals surface area (Å²) in [6.45, 7) is 6.12. The standard InChI is InChI=1S/C24H29N5OS/c1-17-12-15-31-21(17)10-11-23(30)27-20-8-6-19(7-9-20)26-22-16-18(2)25-24(28-22)29-13-4-3-5-14-29/h6-9,12,15-16H,3-5,10-11,13-14H2,1-2H3,(H,27,30)(H,25,26,28). The van der Waals surface area contributed by atoms with Crippen LogP contribution in [-0.2, 0) is 11.2 Å². The van der Waals surface area contributed by atoms with Gasteiger partial charge in [-0.15, -0.1) is 11.3 Å². The molecule has 1 aliphatic heterocycles. The molecule has 1 fully saturated rings. The molecule has 1 saturated heterocycles. The molecule has 1 aliphatic rings. The van der Waals surface area contributed by atoms with Crippen LogP contribution in [0.15, 0.2) is 41.8 Å². The molecule has 7 heteroatoms. The summed E-state index contributed by atoms with van der Waals surface area (Å²) in [4.78, 5) is 25.1. The minimum absolute atomic E-state index is 0.0334. The maximum atomic E-state index is 12.3. The molecule has 162 valence electrons. The Morgan fingerprint density at radius 1 is 1.03 bits per heavy atom. The van der Waals surface area contributed by atoms with Gasteiger partial charge in [-0.1, -0.05) is 0 Å². The van der Waals surface area contributed by atoms with E-state index in [4.69, 9.17) is 4.98 Å². The Kier molecular flexibility index (Phi) is 6.82. The average Bonchev–Trinajstić information content (AvgIpc) is 3.19. The van der Waals surface area contributed by atoms with Gasteiger partial charge in [-0.25, -0.2) is 4.98 Å². The van der Waals surface area contributed by atoms with E-state index in [0.29, 0.717) is 6.42 Å². The van der Waals surface area contributed by atoms with Gasteiger partial charge >= 0.3 is 0 Å². The van der Waals surface area contributed by atoms with Crippen molar-refractivity contribution in [2.24, 2.45) is 0 Å². The molecule has 6 nitrogen and oxygen atoms in total. The molecule has 0 radical (unpaired) electrons. The predicted molar refractivity (Wildman–Crippen MR) is 129 cm³/mol. The molecule has 0 aliphatic carbocycles. The second kappa shape index (κ2) is 9.92. The minimum atomic E-state index is 0.0334. The average molecular weight is 436 g/mol. The highest BCUT2D eigenvalue weighted by atomic mass is 32.1. The van der Waals surface area contributed by atoms with Crippen LogP contribution >= 0.6 is 11.3 Å². The topological polar surface area (TPSA) is 70.2 Å². The Labute approximate surface area is 187 Å². The zero-order valence-electron chi connectivity index (χ0n) is 18.1. The van der Waals surface area contributed by atoms with Crippen molar-refractivity contribution in [2.75, 3.05) is 28.6 Å². The lowest BCUT2D eigenvalue weighted by molar-refractivity contribution is -0.116. The van der Waals surface area contributed by atoms with Crippen LogP contribution in [0.4, 0.5) is 23.1 Å². The van der Waals surface area contributed by atoms with Crippen LogP contribution in [0.1, 0.15) is 41.8 Å². The van der Waals surface area contributed by atoms with E-state index in [0.717, 1.165) is 48.3 Å². The molecule has 4 rings (SSSR count). The summed E-state index contributed by atoms with van der Waals surface area (Å²) in [5, 5.41) is 8.42. The van der Waals surface area contributed by atoms with Gasteiger partial charge in [0, 0.05) is 47.5 Å². The fraction of sp³-hybridized carbons (Fsp3) is 0.375. The Morgan fingerprint density at radius 2 is 1.77 bits per heavy atom. The second-order valence-corrected chi connectivity index (χ2v) is 9.02. The monoisotopic (exact) mass is 435 g/mol. The summed E-state index contributed by atoms with van der Waals surface area (Å²) < 4.78 is 0. The lowest BCUT2D eigenvalue weighted by Crippen LogP contribution is -2.31. The first-order valence-corrected chi connectivity index (χ1v) is 11.8. The zero-order valence-corrected chi connectivity index (χ0v) is 19.0. The molecular formula is C24H29N5OS. The van der Waals surface area contributed by atoms with Gasteiger partial charge < -0.3 is 15.5 Å². The number of hydrogen-bond acceptors (Lipinski definition) is 6. The van der Waals surface area contributed by atoms with E-state index in [1.807, 2.05) is 37.3 Å². The van der Waals surface area contributed by atoms with Crippen molar-refractivity contribution >= 4 is 40.4 Å². The molecule has 2 aromatic heterocycles. The number of hydrogen-bond donors (Lipinski definition) is 2. The third kappa shape index (κ3) is 5.82. The van der Waals surface area contributed by atoms with Crippen molar-refractivity contribution in [2.45, 2.75) is 46.0 Å². The third-order valence-electron chi connectivity index (χ3n) is 5.47. The fourth-order valence-electron chi connectivity index (χ4n) is 3.75. The van der Waals surface area contributed by atoms with Gasteiger partial charge in [0.1, 0.15) is 5.82 Å². The summed E-state index contributed by atoms with van der Waals surface area (Å²) in [7, 11) is 0. The van der Waals surface area contributed by atoms with Crippen molar-refractivity contribution < 1.29 is 4.79 Å². The van der Waals surface area contributed by atoms with Crippen molar-refractivity contribution in [3.63, 3.8) is 0 Å². The number of anilines is 4. The van der Waals surface area contributed by atoms with Gasteiger partial charge in [0.25, 0.3) is 0 Å². The van der Waals surface area contributed by atoms with Gasteiger partial charge in [0.2, 0.25) is 11.9 Å². The van der Waals surface area contributed by atoms with Crippen molar-refractivity contribution in [3.05, 3.63) is 57.9 Å². The number of piperidine rings is 1. The number of carbonyl (C=O) groups is 1. The largest absolute Gasteiger partial charge is 0.341 e. The Bertz CT molecular complexity index is 1020. The molecule has 1 amide bonds. The van der Waals surface area contributed by atoms with Gasteiger partial charge in [0.15, 0.2) is 0 Å². The summed E-state index contributed by atoms with van der Waals surface area (Å²) in [6, 6.07) is 11.8. The lowest BCUT2D eigenvalue weighted by atomic mass is 10.1. The number of thiophene rings is 1.